The van der Waals surface area contributed by atoms with Gasteiger partial charge in [0.05, 0.1) is 33.9 Å². The summed E-state index contributed by atoms with van der Waals surface area (Å²) in [6, 6.07) is 4.81. The number of carboxylic acid groups (broad SMARTS) is 1. The van der Waals surface area contributed by atoms with Crippen LogP contribution in [0.3, 0.4) is 0 Å². The van der Waals surface area contributed by atoms with Gasteiger partial charge in [-0.25, -0.2) is 0 Å². The van der Waals surface area contributed by atoms with E-state index in [-0.39, 0.29) is 5.02 Å². The Kier molecular flexibility index (Phi) is 3.65. The Bertz CT molecular complexity index is 646. The maximum absolute atomic E-state index is 12.4. The molecule has 0 radical (unpaired) electrons. The van der Waals surface area contributed by atoms with E-state index in [4.69, 9.17) is 27.9 Å². The van der Waals surface area contributed by atoms with E-state index >= 15 is 0 Å². The summed E-state index contributed by atoms with van der Waals surface area (Å²) in [6.45, 7) is 0. The SMILES string of the molecule is O=C([O-])C1C2C=CC(O2)C1C(=O)Nc1cccc(Cl)c1Cl. The van der Waals surface area contributed by atoms with E-state index in [1.807, 2.05) is 0 Å². The van der Waals surface area contributed by atoms with E-state index in [0.29, 0.717) is 10.7 Å². The number of rotatable bonds is 3. The number of fused-ring (bicyclic) bond motifs is 2. The minimum Gasteiger partial charge on any atom is -0.550 e. The number of benzene rings is 1. The van der Waals surface area contributed by atoms with Crippen LogP contribution in [0.15, 0.2) is 30.4 Å². The molecular formula is C14H10Cl2NO4-. The van der Waals surface area contributed by atoms with Gasteiger partial charge in [0.15, 0.2) is 0 Å². The summed E-state index contributed by atoms with van der Waals surface area (Å²) < 4.78 is 5.42. The zero-order valence-electron chi connectivity index (χ0n) is 10.6. The summed E-state index contributed by atoms with van der Waals surface area (Å²) in [5.41, 5.74) is 0.331. The third kappa shape index (κ3) is 2.41. The highest BCUT2D eigenvalue weighted by Gasteiger charge is 2.50. The van der Waals surface area contributed by atoms with Crippen LogP contribution >= 0.6 is 23.2 Å². The number of anilines is 1. The molecule has 1 amide bonds. The monoisotopic (exact) mass is 326 g/mol. The molecule has 2 aliphatic heterocycles. The number of aliphatic carboxylic acids is 1. The quantitative estimate of drug-likeness (QED) is 0.848. The van der Waals surface area contributed by atoms with Crippen molar-refractivity contribution in [1.29, 1.82) is 0 Å². The fourth-order valence-electron chi connectivity index (χ4n) is 2.72. The molecular weight excluding hydrogens is 317 g/mol. The van der Waals surface area contributed by atoms with Crippen LogP contribution < -0.4 is 10.4 Å². The molecule has 2 heterocycles. The Morgan fingerprint density at radius 3 is 2.48 bits per heavy atom. The van der Waals surface area contributed by atoms with E-state index in [0.717, 1.165) is 0 Å². The summed E-state index contributed by atoms with van der Waals surface area (Å²) in [6.07, 6.45) is 2.15. The maximum atomic E-state index is 12.4. The molecule has 21 heavy (non-hydrogen) atoms. The van der Waals surface area contributed by atoms with Crippen LogP contribution in [0.5, 0.6) is 0 Å². The number of halogens is 2. The standard InChI is InChI=1S/C14H11Cl2NO4/c15-6-2-1-3-7(12(6)16)17-13(18)10-8-4-5-9(21-8)11(10)14(19)20/h1-5,8-11H,(H,17,18)(H,19,20)/p-1. The maximum Gasteiger partial charge on any atom is 0.231 e. The molecule has 1 aromatic rings. The van der Waals surface area contributed by atoms with Crippen LogP contribution in [0.25, 0.3) is 0 Å². The molecule has 2 aliphatic rings. The van der Waals surface area contributed by atoms with Gasteiger partial charge in [0, 0.05) is 11.9 Å². The van der Waals surface area contributed by atoms with E-state index in [2.05, 4.69) is 5.32 Å². The molecule has 4 unspecified atom stereocenters. The van der Waals surface area contributed by atoms with Gasteiger partial charge in [-0.2, -0.15) is 0 Å². The molecule has 1 saturated heterocycles. The Balaban J connectivity index is 1.84. The second-order valence-corrected chi connectivity index (χ2v) is 5.70. The van der Waals surface area contributed by atoms with Gasteiger partial charge in [-0.1, -0.05) is 41.4 Å². The first kappa shape index (κ1) is 14.4. The number of hydrogen-bond donors (Lipinski definition) is 1. The van der Waals surface area contributed by atoms with Gasteiger partial charge in [-0.3, -0.25) is 4.79 Å². The zero-order valence-corrected chi connectivity index (χ0v) is 12.1. The predicted molar refractivity (Wildman–Crippen MR) is 74.9 cm³/mol. The molecule has 0 saturated carbocycles. The van der Waals surface area contributed by atoms with Crippen molar-refractivity contribution < 1.29 is 19.4 Å². The highest BCUT2D eigenvalue weighted by atomic mass is 35.5. The van der Waals surface area contributed by atoms with Crippen LogP contribution in [0.4, 0.5) is 5.69 Å². The topological polar surface area (TPSA) is 78.5 Å². The molecule has 1 fully saturated rings. The Morgan fingerprint density at radius 1 is 1.14 bits per heavy atom. The Morgan fingerprint density at radius 2 is 1.81 bits per heavy atom. The molecule has 2 bridgehead atoms. The number of carboxylic acids is 1. The fraction of sp³-hybridized carbons (Fsp3) is 0.286. The minimum absolute atomic E-state index is 0.206. The summed E-state index contributed by atoms with van der Waals surface area (Å²) in [5, 5.41) is 14.3. The first-order valence-electron chi connectivity index (χ1n) is 6.28. The van der Waals surface area contributed by atoms with Gasteiger partial charge in [-0.05, 0) is 12.1 Å². The van der Waals surface area contributed by atoms with Crippen molar-refractivity contribution >= 4 is 40.8 Å². The summed E-state index contributed by atoms with van der Waals surface area (Å²) in [5.74, 6) is -3.63. The molecule has 0 aromatic heterocycles. The molecule has 3 rings (SSSR count). The van der Waals surface area contributed by atoms with Crippen molar-refractivity contribution in [3.8, 4) is 0 Å². The third-order valence-corrected chi connectivity index (χ3v) is 4.50. The molecule has 4 atom stereocenters. The largest absolute Gasteiger partial charge is 0.550 e. The lowest BCUT2D eigenvalue weighted by Crippen LogP contribution is -2.45. The lowest BCUT2D eigenvalue weighted by Gasteiger charge is -2.25. The molecule has 0 spiro atoms. The lowest BCUT2D eigenvalue weighted by molar-refractivity contribution is -0.313. The predicted octanol–water partition coefficient (Wildman–Crippen LogP) is 1.25. The number of nitrogens with one attached hydrogen (secondary N) is 1. The molecule has 7 heteroatoms. The number of carbonyl (C=O) groups excluding carboxylic acids is 2. The van der Waals surface area contributed by atoms with Crippen molar-refractivity contribution in [3.63, 3.8) is 0 Å². The van der Waals surface area contributed by atoms with Crippen LogP contribution in [0.1, 0.15) is 0 Å². The fourth-order valence-corrected chi connectivity index (χ4v) is 3.07. The molecule has 5 nitrogen and oxygen atoms in total. The van der Waals surface area contributed by atoms with Crippen LogP contribution in [-0.2, 0) is 14.3 Å². The van der Waals surface area contributed by atoms with Gasteiger partial charge in [0.2, 0.25) is 5.91 Å². The number of ether oxygens (including phenoxy) is 1. The zero-order chi connectivity index (χ0) is 15.1. The summed E-state index contributed by atoms with van der Waals surface area (Å²) in [4.78, 5) is 23.6. The van der Waals surface area contributed by atoms with E-state index in [1.165, 1.54) is 0 Å². The number of hydrogen-bond acceptors (Lipinski definition) is 4. The normalized spacial score (nSPS) is 29.6. The second kappa shape index (κ2) is 5.33. The minimum atomic E-state index is -1.30. The van der Waals surface area contributed by atoms with E-state index in [1.54, 1.807) is 30.4 Å². The van der Waals surface area contributed by atoms with Crippen molar-refractivity contribution in [3.05, 3.63) is 40.4 Å². The molecule has 0 aliphatic carbocycles. The highest BCUT2D eigenvalue weighted by Crippen LogP contribution is 2.40. The van der Waals surface area contributed by atoms with Crippen molar-refractivity contribution in [2.24, 2.45) is 11.8 Å². The van der Waals surface area contributed by atoms with Gasteiger partial charge in [-0.15, -0.1) is 0 Å². The van der Waals surface area contributed by atoms with Gasteiger partial charge < -0.3 is 20.0 Å². The second-order valence-electron chi connectivity index (χ2n) is 4.91. The Labute approximate surface area is 130 Å². The van der Waals surface area contributed by atoms with Gasteiger partial charge >= 0.3 is 0 Å². The van der Waals surface area contributed by atoms with E-state index in [9.17, 15) is 14.7 Å². The lowest BCUT2D eigenvalue weighted by atomic mass is 9.82. The van der Waals surface area contributed by atoms with Crippen molar-refractivity contribution in [1.82, 2.24) is 0 Å². The van der Waals surface area contributed by atoms with Crippen LogP contribution in [0.2, 0.25) is 10.0 Å². The first-order valence-corrected chi connectivity index (χ1v) is 7.04. The average molecular weight is 327 g/mol. The first-order chi connectivity index (χ1) is 9.99. The smallest absolute Gasteiger partial charge is 0.231 e. The van der Waals surface area contributed by atoms with Gasteiger partial charge in [0.1, 0.15) is 0 Å². The number of amides is 1. The molecule has 1 N–H and O–H groups in total. The highest BCUT2D eigenvalue weighted by molar-refractivity contribution is 6.44. The van der Waals surface area contributed by atoms with Crippen molar-refractivity contribution in [2.75, 3.05) is 5.32 Å². The average Bonchev–Trinajstić information content (AvgIpc) is 3.04. The van der Waals surface area contributed by atoms with Crippen LogP contribution in [0, 0.1) is 11.8 Å². The molecule has 1 aromatic carbocycles. The van der Waals surface area contributed by atoms with E-state index < -0.39 is 35.9 Å². The third-order valence-electron chi connectivity index (χ3n) is 3.68. The summed E-state index contributed by atoms with van der Waals surface area (Å²) >= 11 is 11.9. The summed E-state index contributed by atoms with van der Waals surface area (Å²) in [7, 11) is 0. The van der Waals surface area contributed by atoms with Crippen molar-refractivity contribution in [2.45, 2.75) is 12.2 Å². The Hall–Kier alpha value is -1.56. The van der Waals surface area contributed by atoms with Crippen LogP contribution in [-0.4, -0.2) is 24.1 Å². The number of carbonyl (C=O) groups is 2. The van der Waals surface area contributed by atoms with Gasteiger partial charge in [0.25, 0.3) is 0 Å². The molecule has 110 valence electrons.